The van der Waals surface area contributed by atoms with Gasteiger partial charge in [0.1, 0.15) is 36.3 Å². The van der Waals surface area contributed by atoms with Gasteiger partial charge in [-0.25, -0.2) is 4.79 Å². The van der Waals surface area contributed by atoms with E-state index in [4.69, 9.17) is 16.6 Å². The molecular formula is C35H62N10O12. The fourth-order valence-electron chi connectivity index (χ4n) is 5.79. The van der Waals surface area contributed by atoms with Crippen molar-refractivity contribution >= 4 is 53.3 Å². The molecule has 1 aliphatic heterocycles. The molecule has 0 bridgehead atoms. The highest BCUT2D eigenvalue weighted by Gasteiger charge is 2.36. The van der Waals surface area contributed by atoms with Gasteiger partial charge in [-0.2, -0.15) is 0 Å². The molecule has 1 aliphatic rings. The summed E-state index contributed by atoms with van der Waals surface area (Å²) in [6.45, 7) is 7.93. The van der Waals surface area contributed by atoms with Crippen molar-refractivity contribution in [2.45, 2.75) is 134 Å². The summed E-state index contributed by atoms with van der Waals surface area (Å²) in [5, 5.41) is 56.7. The second-order valence-electron chi connectivity index (χ2n) is 14.5. The molecule has 1 fully saturated rings. The molecule has 15 N–H and O–H groups in total. The van der Waals surface area contributed by atoms with Gasteiger partial charge in [-0.3, -0.25) is 38.6 Å². The molecular weight excluding hydrogens is 752 g/mol. The number of carboxylic acids is 2. The minimum absolute atomic E-state index is 0.00613. The van der Waals surface area contributed by atoms with Crippen molar-refractivity contribution in [2.75, 3.05) is 19.7 Å². The highest BCUT2D eigenvalue weighted by atomic mass is 16.4. The number of carbonyl (C=O) groups excluding carboxylic acids is 6. The van der Waals surface area contributed by atoms with Gasteiger partial charge in [0.05, 0.1) is 18.8 Å². The minimum atomic E-state index is -1.69. The molecule has 0 saturated carbocycles. The predicted molar refractivity (Wildman–Crippen MR) is 205 cm³/mol. The molecule has 22 nitrogen and oxygen atoms in total. The highest BCUT2D eigenvalue weighted by Crippen LogP contribution is 2.13. The molecule has 1 heterocycles. The Morgan fingerprint density at radius 1 is 0.754 bits per heavy atom. The Bertz CT molecular complexity index is 1420. The third kappa shape index (κ3) is 18.2. The second-order valence-corrected chi connectivity index (χ2v) is 14.5. The van der Waals surface area contributed by atoms with E-state index in [1.165, 1.54) is 6.92 Å². The smallest absolute Gasteiger partial charge is 0.326 e. The van der Waals surface area contributed by atoms with Crippen LogP contribution >= 0.6 is 0 Å². The van der Waals surface area contributed by atoms with Crippen LogP contribution in [-0.4, -0.2) is 142 Å². The quantitative estimate of drug-likeness (QED) is 0.0226. The van der Waals surface area contributed by atoms with Gasteiger partial charge >= 0.3 is 11.9 Å². The average Bonchev–Trinajstić information content (AvgIpc) is 3.68. The number of rotatable bonds is 26. The van der Waals surface area contributed by atoms with Crippen LogP contribution in [0.3, 0.4) is 0 Å². The van der Waals surface area contributed by atoms with E-state index in [0.717, 1.165) is 6.42 Å². The Morgan fingerprint density at radius 2 is 1.32 bits per heavy atom. The number of hydrogen-bond donors (Lipinski definition) is 13. The van der Waals surface area contributed by atoms with Crippen LogP contribution in [0.5, 0.6) is 0 Å². The summed E-state index contributed by atoms with van der Waals surface area (Å²) >= 11 is 0. The number of hydrogen-bond acceptors (Lipinski definition) is 12. The number of nitrogens with two attached hydrogens (primary N) is 2. The van der Waals surface area contributed by atoms with E-state index < -0.39 is 109 Å². The number of carbonyl (C=O) groups is 8. The van der Waals surface area contributed by atoms with Crippen molar-refractivity contribution in [3.05, 3.63) is 0 Å². The molecule has 0 radical (unpaired) electrons. The van der Waals surface area contributed by atoms with E-state index in [-0.39, 0.29) is 49.5 Å². The van der Waals surface area contributed by atoms with Crippen LogP contribution in [0.25, 0.3) is 0 Å². The lowest BCUT2D eigenvalue weighted by atomic mass is 9.97. The maximum Gasteiger partial charge on any atom is 0.326 e. The first-order chi connectivity index (χ1) is 26.7. The molecule has 0 spiro atoms. The maximum atomic E-state index is 13.6. The molecule has 0 aromatic rings. The van der Waals surface area contributed by atoms with Crippen molar-refractivity contribution in [1.82, 2.24) is 37.2 Å². The van der Waals surface area contributed by atoms with Crippen molar-refractivity contribution < 1.29 is 58.8 Å². The van der Waals surface area contributed by atoms with E-state index >= 15 is 0 Å². The van der Waals surface area contributed by atoms with Crippen LogP contribution < -0.4 is 48.7 Å². The van der Waals surface area contributed by atoms with E-state index in [2.05, 4.69) is 42.2 Å². The fourth-order valence-corrected chi connectivity index (χ4v) is 5.79. The van der Waals surface area contributed by atoms with E-state index in [9.17, 15) is 53.7 Å². The number of aliphatic hydroxyl groups excluding tert-OH is 2. The molecule has 22 heteroatoms. The fraction of sp³-hybridized carbons (Fsp3) is 0.743. The molecule has 1 rings (SSSR count). The summed E-state index contributed by atoms with van der Waals surface area (Å²) in [6.07, 6.45) is -0.635. The second kappa shape index (κ2) is 25.2. The number of carboxylic acid groups (broad SMARTS) is 2. The van der Waals surface area contributed by atoms with Gasteiger partial charge in [-0.05, 0) is 63.8 Å². The van der Waals surface area contributed by atoms with Crippen LogP contribution in [-0.2, 0) is 38.4 Å². The number of nitrogens with one attached hydrogen (secondary N) is 7. The van der Waals surface area contributed by atoms with Gasteiger partial charge in [-0.15, -0.1) is 0 Å². The molecule has 0 aromatic carbocycles. The van der Waals surface area contributed by atoms with E-state index in [1.807, 2.05) is 6.92 Å². The number of aliphatic imine (C=N–C) groups is 1. The molecule has 1 saturated heterocycles. The summed E-state index contributed by atoms with van der Waals surface area (Å²) in [5.74, 6) is -8.72. The standard InChI is InChI=1S/C35H62N10O12/c1-6-18(4)26(44-28(50)20-9-7-13-38-20)32(54)45-27(19(5)47)33(55)43-24(16-46)31(53)42-23(15-17(2)3)30(52)40-21(10-8-14-39-35(36)37)29(51)41-22(34(56)57)11-12-25(48)49/h17-24,26-27,38,46-47H,6-16H2,1-5H3,(H,40,52)(H,41,51)(H,42,53)(H,43,55)(H,44,50)(H,45,54)(H,48,49)(H,56,57)(H4,36,37,39)/t18-,19+,20-,21-,22-,23-,24-,26-,27-/m0/s1. The van der Waals surface area contributed by atoms with E-state index in [0.29, 0.717) is 19.4 Å². The van der Waals surface area contributed by atoms with Gasteiger partial charge in [0.2, 0.25) is 35.4 Å². The van der Waals surface area contributed by atoms with Gasteiger partial charge in [0, 0.05) is 13.0 Å². The molecule has 0 aliphatic carbocycles. The first-order valence-electron chi connectivity index (χ1n) is 19.1. The summed E-state index contributed by atoms with van der Waals surface area (Å²) < 4.78 is 0. The minimum Gasteiger partial charge on any atom is -0.481 e. The Hall–Kier alpha value is -5.09. The normalized spacial score (nSPS) is 17.9. The third-order valence-corrected chi connectivity index (χ3v) is 9.23. The zero-order chi connectivity index (χ0) is 43.4. The number of amides is 6. The number of nitrogens with zero attached hydrogens (tertiary/aromatic N) is 1. The predicted octanol–water partition coefficient (Wildman–Crippen LogP) is -3.88. The van der Waals surface area contributed by atoms with Crippen molar-refractivity contribution in [3.8, 4) is 0 Å². The van der Waals surface area contributed by atoms with Crippen LogP contribution in [0.2, 0.25) is 0 Å². The van der Waals surface area contributed by atoms with Gasteiger partial charge in [-0.1, -0.05) is 34.1 Å². The molecule has 324 valence electrons. The summed E-state index contributed by atoms with van der Waals surface area (Å²) in [5.41, 5.74) is 10.7. The monoisotopic (exact) mass is 814 g/mol. The van der Waals surface area contributed by atoms with Crippen LogP contribution in [0.1, 0.15) is 86.0 Å². The molecule has 9 atom stereocenters. The zero-order valence-corrected chi connectivity index (χ0v) is 33.2. The zero-order valence-electron chi connectivity index (χ0n) is 33.2. The lowest BCUT2D eigenvalue weighted by molar-refractivity contribution is -0.143. The number of aliphatic carboxylic acids is 2. The Labute approximate surface area is 331 Å². The highest BCUT2D eigenvalue weighted by molar-refractivity contribution is 5.97. The third-order valence-electron chi connectivity index (χ3n) is 9.23. The van der Waals surface area contributed by atoms with Gasteiger partial charge in [0.25, 0.3) is 0 Å². The van der Waals surface area contributed by atoms with Gasteiger partial charge in [0.15, 0.2) is 5.96 Å². The molecule has 0 aromatic heterocycles. The largest absolute Gasteiger partial charge is 0.481 e. The lowest BCUT2D eigenvalue weighted by Gasteiger charge is -2.29. The first kappa shape index (κ1) is 49.9. The van der Waals surface area contributed by atoms with Crippen LogP contribution in [0.4, 0.5) is 0 Å². The number of aliphatic hydroxyl groups is 2. The topological polar surface area (TPSA) is 366 Å². The summed E-state index contributed by atoms with van der Waals surface area (Å²) in [4.78, 5) is 107. The van der Waals surface area contributed by atoms with Crippen LogP contribution in [0, 0.1) is 11.8 Å². The SMILES string of the molecule is CC[C@H](C)[C@H](NC(=O)[C@@H]1CCCN1)C(=O)N[C@H](C(=O)N[C@@H](CO)C(=O)N[C@@H](CC(C)C)C(=O)N[C@@H](CCCN=C(N)N)C(=O)N[C@@H](CCC(=O)O)C(=O)O)[C@@H](C)O. The van der Waals surface area contributed by atoms with Crippen LogP contribution in [0.15, 0.2) is 4.99 Å². The van der Waals surface area contributed by atoms with Crippen molar-refractivity contribution in [2.24, 2.45) is 28.3 Å². The maximum absolute atomic E-state index is 13.6. The molecule has 6 amide bonds. The lowest BCUT2D eigenvalue weighted by Crippen LogP contribution is -2.62. The number of guanidine groups is 1. The first-order valence-corrected chi connectivity index (χ1v) is 19.1. The average molecular weight is 815 g/mol. The Balaban J connectivity index is 3.19. The van der Waals surface area contributed by atoms with Gasteiger partial charge < -0.3 is 69.1 Å². The molecule has 57 heavy (non-hydrogen) atoms. The Morgan fingerprint density at radius 3 is 1.82 bits per heavy atom. The van der Waals surface area contributed by atoms with Crippen molar-refractivity contribution in [1.29, 1.82) is 0 Å². The summed E-state index contributed by atoms with van der Waals surface area (Å²) in [7, 11) is 0. The van der Waals surface area contributed by atoms with Crippen molar-refractivity contribution in [3.63, 3.8) is 0 Å². The Kier molecular flexibility index (Phi) is 22.1. The summed E-state index contributed by atoms with van der Waals surface area (Å²) in [6, 6.07) is -9.23. The molecule has 0 unspecified atom stereocenters. The van der Waals surface area contributed by atoms with E-state index in [1.54, 1.807) is 20.8 Å².